The van der Waals surface area contributed by atoms with Gasteiger partial charge in [0.25, 0.3) is 5.91 Å². The number of nitrogen functional groups attached to an aromatic ring is 1. The number of likely N-dealkylation sites (tertiary alicyclic amines) is 1. The van der Waals surface area contributed by atoms with Gasteiger partial charge in [-0.05, 0) is 53.6 Å². The zero-order chi connectivity index (χ0) is 12.7. The number of hydrogen-bond donors (Lipinski definition) is 1. The molecule has 0 aromatic heterocycles. The zero-order valence-corrected chi connectivity index (χ0v) is 12.1. The molecule has 2 fully saturated rings. The number of carbonyl (C=O) groups excluding carboxylic acids is 1. The Hall–Kier alpha value is -0.820. The number of halogens is 1. The van der Waals surface area contributed by atoms with E-state index in [1.807, 2.05) is 17.0 Å². The Labute approximate surface area is 120 Å². The summed E-state index contributed by atoms with van der Waals surface area (Å²) in [4.78, 5) is 14.3. The van der Waals surface area contributed by atoms with E-state index in [0.29, 0.717) is 24.3 Å². The van der Waals surface area contributed by atoms with E-state index in [1.165, 1.54) is 0 Å². The van der Waals surface area contributed by atoms with E-state index in [4.69, 9.17) is 10.5 Å². The number of amides is 1. The number of anilines is 1. The van der Waals surface area contributed by atoms with Crippen molar-refractivity contribution in [3.63, 3.8) is 0 Å². The van der Waals surface area contributed by atoms with Crippen molar-refractivity contribution in [3.05, 3.63) is 27.3 Å². The van der Waals surface area contributed by atoms with Crippen LogP contribution in [0.3, 0.4) is 0 Å². The third-order valence-electron chi connectivity index (χ3n) is 3.50. The first kappa shape index (κ1) is 12.2. The first-order valence-corrected chi connectivity index (χ1v) is 7.20. The van der Waals surface area contributed by atoms with Crippen molar-refractivity contribution >= 4 is 34.2 Å². The first-order chi connectivity index (χ1) is 8.61. The normalized spacial score (nSPS) is 26.4. The third kappa shape index (κ3) is 2.33. The lowest BCUT2D eigenvalue weighted by Gasteiger charge is -2.32. The summed E-state index contributed by atoms with van der Waals surface area (Å²) >= 11 is 2.18. The fourth-order valence-corrected chi connectivity index (χ4v) is 3.39. The van der Waals surface area contributed by atoms with Gasteiger partial charge in [0.15, 0.2) is 0 Å². The van der Waals surface area contributed by atoms with Gasteiger partial charge >= 0.3 is 0 Å². The highest BCUT2D eigenvalue weighted by molar-refractivity contribution is 14.1. The van der Waals surface area contributed by atoms with Crippen LogP contribution in [0.5, 0.6) is 0 Å². The van der Waals surface area contributed by atoms with E-state index >= 15 is 0 Å². The molecule has 1 aromatic carbocycles. The predicted molar refractivity (Wildman–Crippen MR) is 77.4 cm³/mol. The molecule has 2 bridgehead atoms. The number of ether oxygens (including phenoxy) is 1. The summed E-state index contributed by atoms with van der Waals surface area (Å²) in [7, 11) is 0. The van der Waals surface area contributed by atoms with E-state index in [-0.39, 0.29) is 18.1 Å². The average Bonchev–Trinajstić information content (AvgIpc) is 2.66. The number of rotatable bonds is 1. The fourth-order valence-electron chi connectivity index (χ4n) is 2.70. The molecule has 96 valence electrons. The summed E-state index contributed by atoms with van der Waals surface area (Å²) in [6.45, 7) is 1.42. The minimum absolute atomic E-state index is 0.0698. The Kier molecular flexibility index (Phi) is 3.19. The highest BCUT2D eigenvalue weighted by Gasteiger charge is 2.35. The topological polar surface area (TPSA) is 55.6 Å². The Morgan fingerprint density at radius 1 is 1.28 bits per heavy atom. The van der Waals surface area contributed by atoms with Crippen LogP contribution >= 0.6 is 22.6 Å². The molecular weight excluding hydrogens is 343 g/mol. The predicted octanol–water partition coefficient (Wildman–Crippen LogP) is 1.88. The van der Waals surface area contributed by atoms with Gasteiger partial charge in [-0.3, -0.25) is 4.79 Å². The average molecular weight is 358 g/mol. The van der Waals surface area contributed by atoms with Crippen molar-refractivity contribution in [1.29, 1.82) is 0 Å². The molecule has 2 aliphatic heterocycles. The monoisotopic (exact) mass is 358 g/mol. The van der Waals surface area contributed by atoms with Crippen molar-refractivity contribution < 1.29 is 9.53 Å². The molecule has 2 N–H and O–H groups in total. The lowest BCUT2D eigenvalue weighted by molar-refractivity contribution is -0.0303. The van der Waals surface area contributed by atoms with Crippen LogP contribution in [0.25, 0.3) is 0 Å². The first-order valence-electron chi connectivity index (χ1n) is 6.12. The molecule has 0 aliphatic carbocycles. The number of hydrogen-bond acceptors (Lipinski definition) is 3. The second-order valence-corrected chi connectivity index (χ2v) is 6.19. The summed E-state index contributed by atoms with van der Waals surface area (Å²) in [6.07, 6.45) is 2.60. The molecule has 1 amide bonds. The molecule has 3 rings (SSSR count). The van der Waals surface area contributed by atoms with Gasteiger partial charge < -0.3 is 15.4 Å². The minimum Gasteiger partial charge on any atom is -0.399 e. The molecule has 2 unspecified atom stereocenters. The molecular formula is C13H15IN2O2. The van der Waals surface area contributed by atoms with E-state index in [2.05, 4.69) is 22.6 Å². The number of morpholine rings is 1. The molecule has 2 atom stereocenters. The second kappa shape index (κ2) is 4.70. The van der Waals surface area contributed by atoms with E-state index in [0.717, 1.165) is 16.4 Å². The van der Waals surface area contributed by atoms with Crippen molar-refractivity contribution in [1.82, 2.24) is 4.90 Å². The van der Waals surface area contributed by atoms with Crippen LogP contribution in [-0.4, -0.2) is 36.1 Å². The van der Waals surface area contributed by atoms with Gasteiger partial charge in [-0.15, -0.1) is 0 Å². The maximum absolute atomic E-state index is 12.4. The molecule has 0 saturated carbocycles. The standard InChI is InChI=1S/C13H15IN2O2/c14-9-3-8(4-10(15)5-9)13(17)16-6-11-1-2-12(7-16)18-11/h3-5,11-12H,1-2,6-7,15H2. The summed E-state index contributed by atoms with van der Waals surface area (Å²) in [6, 6.07) is 5.50. The van der Waals surface area contributed by atoms with Crippen LogP contribution < -0.4 is 5.73 Å². The second-order valence-electron chi connectivity index (χ2n) is 4.94. The van der Waals surface area contributed by atoms with E-state index in [9.17, 15) is 4.79 Å². The lowest BCUT2D eigenvalue weighted by atomic mass is 10.1. The number of nitrogens with two attached hydrogens (primary N) is 1. The maximum atomic E-state index is 12.4. The molecule has 2 saturated heterocycles. The highest BCUT2D eigenvalue weighted by Crippen LogP contribution is 2.27. The molecule has 1 aromatic rings. The molecule has 4 nitrogen and oxygen atoms in total. The van der Waals surface area contributed by atoms with Crippen molar-refractivity contribution in [2.75, 3.05) is 18.8 Å². The molecule has 18 heavy (non-hydrogen) atoms. The van der Waals surface area contributed by atoms with E-state index in [1.54, 1.807) is 6.07 Å². The third-order valence-corrected chi connectivity index (χ3v) is 4.12. The van der Waals surface area contributed by atoms with Crippen LogP contribution in [0.2, 0.25) is 0 Å². The fraction of sp³-hybridized carbons (Fsp3) is 0.462. The van der Waals surface area contributed by atoms with Gasteiger partial charge in [-0.1, -0.05) is 0 Å². The maximum Gasteiger partial charge on any atom is 0.254 e. The minimum atomic E-state index is 0.0698. The summed E-state index contributed by atoms with van der Waals surface area (Å²) < 4.78 is 6.73. The Balaban J connectivity index is 1.81. The molecule has 2 heterocycles. The smallest absolute Gasteiger partial charge is 0.254 e. The van der Waals surface area contributed by atoms with Gasteiger partial charge in [-0.2, -0.15) is 0 Å². The molecule has 2 aliphatic rings. The number of benzene rings is 1. The number of fused-ring (bicyclic) bond motifs is 2. The molecule has 5 heteroatoms. The quantitative estimate of drug-likeness (QED) is 0.616. The van der Waals surface area contributed by atoms with Gasteiger partial charge in [0.1, 0.15) is 0 Å². The van der Waals surface area contributed by atoms with Gasteiger partial charge in [0, 0.05) is 27.9 Å². The molecule has 0 radical (unpaired) electrons. The van der Waals surface area contributed by atoms with E-state index < -0.39 is 0 Å². The van der Waals surface area contributed by atoms with Crippen LogP contribution in [0, 0.1) is 3.57 Å². The lowest BCUT2D eigenvalue weighted by Crippen LogP contribution is -2.45. The van der Waals surface area contributed by atoms with Crippen LogP contribution in [0.1, 0.15) is 23.2 Å². The highest BCUT2D eigenvalue weighted by atomic mass is 127. The van der Waals surface area contributed by atoms with Crippen molar-refractivity contribution in [3.8, 4) is 0 Å². The zero-order valence-electron chi connectivity index (χ0n) is 9.93. The van der Waals surface area contributed by atoms with Gasteiger partial charge in [0.2, 0.25) is 0 Å². The summed E-state index contributed by atoms with van der Waals surface area (Å²) in [5.41, 5.74) is 7.11. The number of nitrogens with zero attached hydrogens (tertiary/aromatic N) is 1. The Morgan fingerprint density at radius 3 is 2.56 bits per heavy atom. The summed E-state index contributed by atoms with van der Waals surface area (Å²) in [5, 5.41) is 0. The van der Waals surface area contributed by atoms with Crippen LogP contribution in [0.4, 0.5) is 5.69 Å². The van der Waals surface area contributed by atoms with Crippen LogP contribution in [0.15, 0.2) is 18.2 Å². The van der Waals surface area contributed by atoms with Crippen molar-refractivity contribution in [2.45, 2.75) is 25.0 Å². The van der Waals surface area contributed by atoms with Crippen LogP contribution in [-0.2, 0) is 4.74 Å². The molecule has 0 spiro atoms. The van der Waals surface area contributed by atoms with Crippen molar-refractivity contribution in [2.24, 2.45) is 0 Å². The van der Waals surface area contributed by atoms with Gasteiger partial charge in [0.05, 0.1) is 12.2 Å². The summed E-state index contributed by atoms with van der Waals surface area (Å²) in [5.74, 6) is 0.0698. The SMILES string of the molecule is Nc1cc(I)cc(C(=O)N2CC3CCC(C2)O3)c1. The number of carbonyl (C=O) groups is 1. The largest absolute Gasteiger partial charge is 0.399 e. The Bertz CT molecular complexity index is 460. The van der Waals surface area contributed by atoms with Gasteiger partial charge in [-0.25, -0.2) is 0 Å². The Morgan fingerprint density at radius 2 is 1.94 bits per heavy atom.